The largest absolute Gasteiger partial charge is 0.388 e. The number of aromatic nitrogens is 1. The molecule has 0 aliphatic rings. The van der Waals surface area contributed by atoms with E-state index in [-0.39, 0.29) is 11.9 Å². The van der Waals surface area contributed by atoms with Gasteiger partial charge in [0.1, 0.15) is 5.69 Å². The van der Waals surface area contributed by atoms with E-state index in [0.717, 1.165) is 18.5 Å². The molecule has 1 rings (SSSR count). The molecule has 0 bridgehead atoms. The lowest BCUT2D eigenvalue weighted by molar-refractivity contribution is 0.0920. The minimum atomic E-state index is -0.105. The quantitative estimate of drug-likeness (QED) is 0.815. The Bertz CT molecular complexity index is 388. The SMILES string of the molecule is CCC(CC)C(C)NC(=O)c1cc(NC)ccn1. The zero-order valence-electron chi connectivity index (χ0n) is 11.7. The lowest BCUT2D eigenvalue weighted by Crippen LogP contribution is -2.38. The first kappa shape index (κ1) is 14.5. The molecule has 0 aliphatic carbocycles. The van der Waals surface area contributed by atoms with Crippen molar-refractivity contribution in [2.45, 2.75) is 39.7 Å². The molecule has 1 unspecified atom stereocenters. The van der Waals surface area contributed by atoms with Crippen LogP contribution >= 0.6 is 0 Å². The first-order valence-electron chi connectivity index (χ1n) is 6.57. The lowest BCUT2D eigenvalue weighted by Gasteiger charge is -2.22. The number of carbonyl (C=O) groups excluding carboxylic acids is 1. The van der Waals surface area contributed by atoms with Crippen molar-refractivity contribution in [3.05, 3.63) is 24.0 Å². The Balaban J connectivity index is 2.69. The van der Waals surface area contributed by atoms with Crippen LogP contribution in [-0.4, -0.2) is 24.0 Å². The van der Waals surface area contributed by atoms with Crippen molar-refractivity contribution in [2.24, 2.45) is 5.92 Å². The maximum atomic E-state index is 12.1. The minimum absolute atomic E-state index is 0.105. The van der Waals surface area contributed by atoms with Gasteiger partial charge in [-0.15, -0.1) is 0 Å². The normalized spacial score (nSPS) is 12.3. The van der Waals surface area contributed by atoms with Crippen molar-refractivity contribution >= 4 is 11.6 Å². The van der Waals surface area contributed by atoms with Gasteiger partial charge in [-0.3, -0.25) is 9.78 Å². The van der Waals surface area contributed by atoms with E-state index in [1.165, 1.54) is 0 Å². The average molecular weight is 249 g/mol. The van der Waals surface area contributed by atoms with Crippen molar-refractivity contribution in [1.29, 1.82) is 0 Å². The van der Waals surface area contributed by atoms with Crippen LogP contribution in [0.25, 0.3) is 0 Å². The fraction of sp³-hybridized carbons (Fsp3) is 0.571. The second-order valence-corrected chi connectivity index (χ2v) is 4.52. The highest BCUT2D eigenvalue weighted by molar-refractivity contribution is 5.93. The number of carbonyl (C=O) groups is 1. The van der Waals surface area contributed by atoms with Gasteiger partial charge in [-0.1, -0.05) is 26.7 Å². The molecule has 0 spiro atoms. The second-order valence-electron chi connectivity index (χ2n) is 4.52. The number of hydrogen-bond donors (Lipinski definition) is 2. The summed E-state index contributed by atoms with van der Waals surface area (Å²) in [5.41, 5.74) is 1.35. The number of rotatable bonds is 6. The van der Waals surface area contributed by atoms with Crippen LogP contribution in [0, 0.1) is 5.92 Å². The van der Waals surface area contributed by atoms with Crippen molar-refractivity contribution in [3.63, 3.8) is 0 Å². The third-order valence-corrected chi connectivity index (χ3v) is 3.40. The lowest BCUT2D eigenvalue weighted by atomic mass is 9.95. The van der Waals surface area contributed by atoms with Crippen molar-refractivity contribution in [1.82, 2.24) is 10.3 Å². The molecule has 0 saturated carbocycles. The number of pyridine rings is 1. The fourth-order valence-electron chi connectivity index (χ4n) is 2.10. The van der Waals surface area contributed by atoms with Crippen LogP contribution in [0.1, 0.15) is 44.1 Å². The van der Waals surface area contributed by atoms with E-state index in [1.807, 2.05) is 13.1 Å². The molecular formula is C14H23N3O. The zero-order chi connectivity index (χ0) is 13.5. The summed E-state index contributed by atoms with van der Waals surface area (Å²) in [6.07, 6.45) is 3.78. The summed E-state index contributed by atoms with van der Waals surface area (Å²) in [6, 6.07) is 3.77. The molecule has 18 heavy (non-hydrogen) atoms. The highest BCUT2D eigenvalue weighted by Gasteiger charge is 2.17. The van der Waals surface area contributed by atoms with E-state index in [0.29, 0.717) is 11.6 Å². The maximum absolute atomic E-state index is 12.1. The number of amides is 1. The highest BCUT2D eigenvalue weighted by atomic mass is 16.1. The summed E-state index contributed by atoms with van der Waals surface area (Å²) in [4.78, 5) is 16.2. The van der Waals surface area contributed by atoms with Crippen LogP contribution in [0.2, 0.25) is 0 Å². The summed E-state index contributed by atoms with van der Waals surface area (Å²) < 4.78 is 0. The summed E-state index contributed by atoms with van der Waals surface area (Å²) in [6.45, 7) is 6.35. The van der Waals surface area contributed by atoms with Gasteiger partial charge in [0.15, 0.2) is 0 Å². The molecule has 1 atom stereocenters. The third kappa shape index (κ3) is 3.72. The van der Waals surface area contributed by atoms with Crippen molar-refractivity contribution < 1.29 is 4.79 Å². The van der Waals surface area contributed by atoms with E-state index in [1.54, 1.807) is 12.3 Å². The van der Waals surface area contributed by atoms with Crippen molar-refractivity contribution in [3.8, 4) is 0 Å². The smallest absolute Gasteiger partial charge is 0.270 e. The monoisotopic (exact) mass is 249 g/mol. The Morgan fingerprint density at radius 1 is 1.39 bits per heavy atom. The molecule has 1 heterocycles. The third-order valence-electron chi connectivity index (χ3n) is 3.40. The molecule has 4 heteroatoms. The first-order valence-corrected chi connectivity index (χ1v) is 6.57. The summed E-state index contributed by atoms with van der Waals surface area (Å²) in [7, 11) is 1.82. The van der Waals surface area contributed by atoms with Crippen LogP contribution in [0.4, 0.5) is 5.69 Å². The number of nitrogens with zero attached hydrogens (tertiary/aromatic N) is 1. The van der Waals surface area contributed by atoms with Crippen LogP contribution in [-0.2, 0) is 0 Å². The van der Waals surface area contributed by atoms with Gasteiger partial charge in [-0.2, -0.15) is 0 Å². The molecular weight excluding hydrogens is 226 g/mol. The summed E-state index contributed by atoms with van der Waals surface area (Å²) in [5, 5.41) is 6.02. The Hall–Kier alpha value is -1.58. The van der Waals surface area contributed by atoms with Gasteiger partial charge in [0.25, 0.3) is 5.91 Å². The van der Waals surface area contributed by atoms with E-state index < -0.39 is 0 Å². The highest BCUT2D eigenvalue weighted by Crippen LogP contribution is 2.13. The van der Waals surface area contributed by atoms with Gasteiger partial charge in [0, 0.05) is 25.0 Å². The van der Waals surface area contributed by atoms with Gasteiger partial charge in [-0.05, 0) is 25.0 Å². The van der Waals surface area contributed by atoms with Gasteiger partial charge in [0.05, 0.1) is 0 Å². The predicted octanol–water partition coefficient (Wildman–Crippen LogP) is 2.68. The van der Waals surface area contributed by atoms with Crippen LogP contribution in [0.15, 0.2) is 18.3 Å². The number of anilines is 1. The van der Waals surface area contributed by atoms with E-state index in [9.17, 15) is 4.79 Å². The van der Waals surface area contributed by atoms with Crippen molar-refractivity contribution in [2.75, 3.05) is 12.4 Å². The fourth-order valence-corrected chi connectivity index (χ4v) is 2.10. The first-order chi connectivity index (χ1) is 8.62. The molecule has 1 aromatic rings. The van der Waals surface area contributed by atoms with E-state index in [4.69, 9.17) is 0 Å². The van der Waals surface area contributed by atoms with Crippen LogP contribution in [0.3, 0.4) is 0 Å². The standard InChI is InChI=1S/C14H23N3O/c1-5-11(6-2)10(3)17-14(18)13-9-12(15-4)7-8-16-13/h7-11H,5-6H2,1-4H3,(H,15,16)(H,17,18). The minimum Gasteiger partial charge on any atom is -0.388 e. The Kier molecular flexibility index (Phi) is 5.62. The van der Waals surface area contributed by atoms with Gasteiger partial charge >= 0.3 is 0 Å². The topological polar surface area (TPSA) is 54.0 Å². The molecule has 1 amide bonds. The molecule has 100 valence electrons. The molecule has 0 aliphatic heterocycles. The number of hydrogen-bond acceptors (Lipinski definition) is 3. The molecule has 1 aromatic heterocycles. The Morgan fingerprint density at radius 3 is 2.61 bits per heavy atom. The predicted molar refractivity (Wildman–Crippen MR) is 74.8 cm³/mol. The second kappa shape index (κ2) is 6.99. The van der Waals surface area contributed by atoms with Gasteiger partial charge in [0.2, 0.25) is 0 Å². The van der Waals surface area contributed by atoms with Crippen LogP contribution in [0.5, 0.6) is 0 Å². The zero-order valence-corrected chi connectivity index (χ0v) is 11.7. The van der Waals surface area contributed by atoms with Gasteiger partial charge < -0.3 is 10.6 Å². The average Bonchev–Trinajstić information content (AvgIpc) is 2.40. The van der Waals surface area contributed by atoms with E-state index >= 15 is 0 Å². The molecule has 0 saturated heterocycles. The maximum Gasteiger partial charge on any atom is 0.270 e. The molecule has 0 aromatic carbocycles. The number of nitrogens with one attached hydrogen (secondary N) is 2. The molecule has 0 fully saturated rings. The molecule has 4 nitrogen and oxygen atoms in total. The Morgan fingerprint density at radius 2 is 2.06 bits per heavy atom. The molecule has 0 radical (unpaired) electrons. The van der Waals surface area contributed by atoms with Gasteiger partial charge in [-0.25, -0.2) is 0 Å². The Labute approximate surface area is 109 Å². The summed E-state index contributed by atoms with van der Waals surface area (Å²) in [5.74, 6) is 0.410. The summed E-state index contributed by atoms with van der Waals surface area (Å²) >= 11 is 0. The van der Waals surface area contributed by atoms with Crippen LogP contribution < -0.4 is 10.6 Å². The van der Waals surface area contributed by atoms with E-state index in [2.05, 4.69) is 36.4 Å². The molecule has 2 N–H and O–H groups in total.